The van der Waals surface area contributed by atoms with E-state index in [2.05, 4.69) is 35.3 Å². The maximum atomic E-state index is 6.07. The van der Waals surface area contributed by atoms with Gasteiger partial charge in [0.2, 0.25) is 17.8 Å². The number of hydrogen-bond acceptors (Lipinski definition) is 10. The molecule has 0 bridgehead atoms. The molecular formula is C22H24ClN7O3. The van der Waals surface area contributed by atoms with Crippen LogP contribution in [0.25, 0.3) is 11.3 Å². The molecule has 5 rings (SSSR count). The van der Waals surface area contributed by atoms with E-state index in [0.717, 1.165) is 31.7 Å². The molecule has 3 aromatic rings. The van der Waals surface area contributed by atoms with Gasteiger partial charge in [0, 0.05) is 36.8 Å². The van der Waals surface area contributed by atoms with Crippen LogP contribution in [-0.4, -0.2) is 73.8 Å². The number of anilines is 3. The van der Waals surface area contributed by atoms with Crippen molar-refractivity contribution in [1.29, 1.82) is 0 Å². The Morgan fingerprint density at radius 3 is 2.18 bits per heavy atom. The predicted octanol–water partition coefficient (Wildman–Crippen LogP) is 2.90. The maximum Gasteiger partial charge on any atom is 0.250 e. The lowest BCUT2D eigenvalue weighted by molar-refractivity contribution is 0.121. The minimum absolute atomic E-state index is 0.367. The molecule has 0 amide bonds. The van der Waals surface area contributed by atoms with Gasteiger partial charge in [0.25, 0.3) is 0 Å². The molecule has 172 valence electrons. The first kappa shape index (κ1) is 21.6. The first-order chi connectivity index (χ1) is 16.2. The van der Waals surface area contributed by atoms with E-state index in [9.17, 15) is 0 Å². The van der Waals surface area contributed by atoms with Crippen molar-refractivity contribution in [3.8, 4) is 11.3 Å². The fourth-order valence-electron chi connectivity index (χ4n) is 3.59. The van der Waals surface area contributed by atoms with Crippen molar-refractivity contribution in [3.63, 3.8) is 0 Å². The molecule has 0 atom stereocenters. The number of benzene rings is 1. The average Bonchev–Trinajstić information content (AvgIpc) is 3.34. The van der Waals surface area contributed by atoms with Gasteiger partial charge in [-0.3, -0.25) is 0 Å². The number of aromatic nitrogens is 3. The summed E-state index contributed by atoms with van der Waals surface area (Å²) in [6.45, 7) is 5.50. The molecule has 4 heterocycles. The number of hydrazone groups is 1. The third-order valence-corrected chi connectivity index (χ3v) is 5.53. The number of rotatable bonds is 6. The molecule has 33 heavy (non-hydrogen) atoms. The number of nitrogens with zero attached hydrogens (tertiary/aromatic N) is 6. The Balaban J connectivity index is 1.33. The zero-order valence-electron chi connectivity index (χ0n) is 18.0. The van der Waals surface area contributed by atoms with E-state index >= 15 is 0 Å². The van der Waals surface area contributed by atoms with Gasteiger partial charge in [0.15, 0.2) is 0 Å². The van der Waals surface area contributed by atoms with Crippen LogP contribution in [0.1, 0.15) is 5.76 Å². The number of furan rings is 1. The van der Waals surface area contributed by atoms with Crippen LogP contribution in [0.3, 0.4) is 0 Å². The van der Waals surface area contributed by atoms with Gasteiger partial charge in [0.1, 0.15) is 11.5 Å². The van der Waals surface area contributed by atoms with Crippen LogP contribution >= 0.6 is 11.6 Å². The molecule has 0 radical (unpaired) electrons. The molecule has 2 fully saturated rings. The van der Waals surface area contributed by atoms with E-state index in [1.165, 1.54) is 0 Å². The molecular weight excluding hydrogens is 446 g/mol. The van der Waals surface area contributed by atoms with Crippen molar-refractivity contribution in [2.75, 3.05) is 67.8 Å². The summed E-state index contributed by atoms with van der Waals surface area (Å²) in [5, 5.41) is 4.93. The van der Waals surface area contributed by atoms with E-state index in [0.29, 0.717) is 60.8 Å². The summed E-state index contributed by atoms with van der Waals surface area (Å²) in [6.07, 6.45) is 1.58. The highest BCUT2D eigenvalue weighted by Gasteiger charge is 2.20. The van der Waals surface area contributed by atoms with Crippen molar-refractivity contribution in [2.24, 2.45) is 5.10 Å². The van der Waals surface area contributed by atoms with E-state index in [1.54, 1.807) is 6.21 Å². The lowest BCUT2D eigenvalue weighted by atomic mass is 10.2. The van der Waals surface area contributed by atoms with Crippen LogP contribution in [0.4, 0.5) is 17.8 Å². The van der Waals surface area contributed by atoms with Gasteiger partial charge in [-0.1, -0.05) is 23.7 Å². The van der Waals surface area contributed by atoms with Crippen LogP contribution in [0.2, 0.25) is 5.02 Å². The quantitative estimate of drug-likeness (QED) is 0.431. The van der Waals surface area contributed by atoms with Gasteiger partial charge < -0.3 is 23.7 Å². The second-order valence-corrected chi connectivity index (χ2v) is 7.98. The maximum absolute atomic E-state index is 6.07. The first-order valence-electron chi connectivity index (χ1n) is 10.8. The Kier molecular flexibility index (Phi) is 6.66. The summed E-state index contributed by atoms with van der Waals surface area (Å²) < 4.78 is 16.8. The van der Waals surface area contributed by atoms with Crippen LogP contribution in [0.15, 0.2) is 45.9 Å². The summed E-state index contributed by atoms with van der Waals surface area (Å²) in [5.74, 6) is 2.88. The molecule has 11 heteroatoms. The molecule has 1 N–H and O–H groups in total. The van der Waals surface area contributed by atoms with Crippen LogP contribution in [0, 0.1) is 0 Å². The van der Waals surface area contributed by atoms with Crippen molar-refractivity contribution < 1.29 is 13.9 Å². The third-order valence-electron chi connectivity index (χ3n) is 5.29. The lowest BCUT2D eigenvalue weighted by Gasteiger charge is -2.30. The zero-order chi connectivity index (χ0) is 22.5. The Hall–Kier alpha value is -3.21. The smallest absolute Gasteiger partial charge is 0.250 e. The van der Waals surface area contributed by atoms with Gasteiger partial charge in [0.05, 0.1) is 32.6 Å². The minimum Gasteiger partial charge on any atom is -0.455 e. The second-order valence-electron chi connectivity index (χ2n) is 7.54. The molecule has 10 nitrogen and oxygen atoms in total. The fourth-order valence-corrected chi connectivity index (χ4v) is 3.78. The van der Waals surface area contributed by atoms with E-state index in [4.69, 9.17) is 25.5 Å². The molecule has 1 aromatic carbocycles. The Bertz CT molecular complexity index is 1070. The molecule has 2 saturated heterocycles. The Morgan fingerprint density at radius 2 is 1.55 bits per heavy atom. The first-order valence-corrected chi connectivity index (χ1v) is 11.2. The van der Waals surface area contributed by atoms with E-state index in [1.807, 2.05) is 36.4 Å². The molecule has 2 aromatic heterocycles. The fraction of sp³-hybridized carbons (Fsp3) is 0.364. The molecule has 2 aliphatic heterocycles. The van der Waals surface area contributed by atoms with Crippen LogP contribution in [-0.2, 0) is 9.47 Å². The number of hydrogen-bond donors (Lipinski definition) is 1. The Morgan fingerprint density at radius 1 is 0.879 bits per heavy atom. The van der Waals surface area contributed by atoms with Crippen LogP contribution < -0.4 is 15.2 Å². The highest BCUT2D eigenvalue weighted by molar-refractivity contribution is 6.30. The monoisotopic (exact) mass is 469 g/mol. The van der Waals surface area contributed by atoms with Gasteiger partial charge in [-0.15, -0.1) is 0 Å². The molecule has 0 saturated carbocycles. The van der Waals surface area contributed by atoms with Crippen molar-refractivity contribution in [2.45, 2.75) is 0 Å². The highest BCUT2D eigenvalue weighted by atomic mass is 35.5. The number of morpholine rings is 2. The molecule has 2 aliphatic rings. The predicted molar refractivity (Wildman–Crippen MR) is 126 cm³/mol. The molecule has 0 spiro atoms. The zero-order valence-corrected chi connectivity index (χ0v) is 18.7. The average molecular weight is 470 g/mol. The van der Waals surface area contributed by atoms with Crippen molar-refractivity contribution in [1.82, 2.24) is 15.0 Å². The molecule has 0 unspecified atom stereocenters. The van der Waals surface area contributed by atoms with E-state index in [-0.39, 0.29) is 0 Å². The number of ether oxygens (including phenoxy) is 2. The summed E-state index contributed by atoms with van der Waals surface area (Å²) >= 11 is 6.07. The van der Waals surface area contributed by atoms with Crippen molar-refractivity contribution >= 4 is 35.7 Å². The summed E-state index contributed by atoms with van der Waals surface area (Å²) in [5.41, 5.74) is 3.82. The minimum atomic E-state index is 0.367. The van der Waals surface area contributed by atoms with Crippen molar-refractivity contribution in [3.05, 3.63) is 47.2 Å². The van der Waals surface area contributed by atoms with Gasteiger partial charge in [-0.05, 0) is 24.3 Å². The standard InChI is InChI=1S/C22H24ClN7O3/c23-17-3-1-2-16(14-17)19-5-4-18(33-19)15-24-28-20-25-21(29-6-10-31-11-7-29)27-22(26-20)30-8-12-32-13-9-30/h1-5,14-15H,6-13H2,(H,25,26,27,28)/b24-15+. The summed E-state index contributed by atoms with van der Waals surface area (Å²) in [6, 6.07) is 11.2. The SMILES string of the molecule is Clc1cccc(-c2ccc(/C=N/Nc3nc(N4CCOCC4)nc(N4CCOCC4)n3)o2)c1. The largest absolute Gasteiger partial charge is 0.455 e. The van der Waals surface area contributed by atoms with Gasteiger partial charge in [-0.25, -0.2) is 5.43 Å². The normalized spacial score (nSPS) is 17.0. The van der Waals surface area contributed by atoms with Gasteiger partial charge >= 0.3 is 0 Å². The molecule has 0 aliphatic carbocycles. The summed E-state index contributed by atoms with van der Waals surface area (Å²) in [7, 11) is 0. The topological polar surface area (TPSA) is 101 Å². The Labute approximate surface area is 196 Å². The number of halogens is 1. The van der Waals surface area contributed by atoms with Crippen LogP contribution in [0.5, 0.6) is 0 Å². The number of nitrogens with one attached hydrogen (secondary N) is 1. The lowest BCUT2D eigenvalue weighted by Crippen LogP contribution is -2.40. The van der Waals surface area contributed by atoms with E-state index < -0.39 is 0 Å². The second kappa shape index (κ2) is 10.2. The highest BCUT2D eigenvalue weighted by Crippen LogP contribution is 2.24. The summed E-state index contributed by atoms with van der Waals surface area (Å²) in [4.78, 5) is 18.0. The third kappa shape index (κ3) is 5.41. The van der Waals surface area contributed by atoms with Gasteiger partial charge in [-0.2, -0.15) is 20.1 Å².